The van der Waals surface area contributed by atoms with Gasteiger partial charge in [0.1, 0.15) is 0 Å². The first kappa shape index (κ1) is 32.4. The van der Waals surface area contributed by atoms with E-state index in [1.54, 1.807) is 22.3 Å². The van der Waals surface area contributed by atoms with E-state index in [4.69, 9.17) is 0 Å². The average Bonchev–Trinajstić information content (AvgIpc) is 3.25. The first-order valence-corrected chi connectivity index (χ1v) is 19.9. The fourth-order valence-electron chi connectivity index (χ4n) is 4.26. The Bertz CT molecular complexity index is 715. The van der Waals surface area contributed by atoms with Crippen molar-refractivity contribution in [2.45, 2.75) is 117 Å². The third-order valence-corrected chi connectivity index (χ3v) is 6.16. The van der Waals surface area contributed by atoms with Crippen LogP contribution >= 0.6 is 0 Å². The minimum absolute atomic E-state index is 0. The maximum absolute atomic E-state index is 2.43. The van der Waals surface area contributed by atoms with Gasteiger partial charge in [0.2, 0.25) is 0 Å². The standard InChI is InChI=1S/2C13H19.C2H6Si.2ClH.Hf/c2*1-13(2,3)12-8-10-6-4-5-7-11(10)9-12;1-3-2;;;/h2*8-9H,4-7H2,1-3H3;1-2H3;2*1H;/q2*-1;;;;+2/p-2. The molecule has 2 aliphatic rings. The van der Waals surface area contributed by atoms with Gasteiger partial charge in [0, 0.05) is 0 Å². The molecule has 0 aromatic heterocycles. The molecular weight excluding hydrogens is 614 g/mol. The molecular formula is C28H44Cl2HfSi-2. The molecule has 180 valence electrons. The topological polar surface area (TPSA) is 0 Å². The molecule has 0 unspecified atom stereocenters. The molecule has 0 aliphatic heterocycles. The predicted octanol–water partition coefficient (Wildman–Crippen LogP) is 1.96. The minimum Gasteiger partial charge on any atom is -1.00 e. The summed E-state index contributed by atoms with van der Waals surface area (Å²) >= 11 is 1.45. The molecule has 2 aromatic rings. The summed E-state index contributed by atoms with van der Waals surface area (Å²) in [5.41, 5.74) is 10.5. The van der Waals surface area contributed by atoms with Crippen molar-refractivity contribution in [1.29, 1.82) is 0 Å². The van der Waals surface area contributed by atoms with Gasteiger partial charge in [0.25, 0.3) is 0 Å². The zero-order valence-corrected chi connectivity index (χ0v) is 27.8. The Labute approximate surface area is 226 Å². The Morgan fingerprint density at radius 3 is 1.19 bits per heavy atom. The Kier molecular flexibility index (Phi) is 14.2. The van der Waals surface area contributed by atoms with E-state index in [1.807, 2.05) is 0 Å². The molecule has 4 heteroatoms. The fraction of sp³-hybridized carbons (Fsp3) is 0.643. The van der Waals surface area contributed by atoms with E-state index < -0.39 is 0 Å². The monoisotopic (exact) mass is 658 g/mol. The Balaban J connectivity index is 0.000000490. The van der Waals surface area contributed by atoms with Gasteiger partial charge in [-0.25, -0.2) is 12.1 Å². The maximum Gasteiger partial charge on any atom is -1.00 e. The first-order chi connectivity index (χ1) is 13.9. The molecule has 0 bridgehead atoms. The minimum atomic E-state index is 0. The van der Waals surface area contributed by atoms with Gasteiger partial charge >= 0.3 is 41.6 Å². The third-order valence-electron chi connectivity index (χ3n) is 6.16. The summed E-state index contributed by atoms with van der Waals surface area (Å²) in [6.07, 6.45) is 10.8. The van der Waals surface area contributed by atoms with Gasteiger partial charge in [0.05, 0.1) is 0 Å². The maximum atomic E-state index is 2.43. The molecule has 0 nitrogen and oxygen atoms in total. The molecule has 0 atom stereocenters. The number of hydrogen-bond donors (Lipinski definition) is 0. The van der Waals surface area contributed by atoms with Crippen LogP contribution in [0.25, 0.3) is 0 Å². The van der Waals surface area contributed by atoms with Crippen LogP contribution in [0, 0.1) is 0 Å². The molecule has 0 saturated carbocycles. The number of aryl methyl sites for hydroxylation is 4. The molecule has 0 fully saturated rings. The van der Waals surface area contributed by atoms with Crippen LogP contribution in [0.2, 0.25) is 13.1 Å². The predicted molar refractivity (Wildman–Crippen MR) is 132 cm³/mol. The number of halogens is 2. The van der Waals surface area contributed by atoms with Crippen LogP contribution in [0.4, 0.5) is 0 Å². The van der Waals surface area contributed by atoms with Crippen LogP contribution in [0.5, 0.6) is 0 Å². The summed E-state index contributed by atoms with van der Waals surface area (Å²) in [4.78, 5) is 0. The summed E-state index contributed by atoms with van der Waals surface area (Å²) in [7, 11) is 0. The molecule has 0 N–H and O–H groups in total. The zero-order chi connectivity index (χ0) is 22.5. The summed E-state index contributed by atoms with van der Waals surface area (Å²) < 4.78 is 0. The van der Waals surface area contributed by atoms with E-state index in [0.717, 1.165) is 0 Å². The molecule has 0 saturated heterocycles. The molecule has 2 aliphatic carbocycles. The Hall–Kier alpha value is 0.367. The van der Waals surface area contributed by atoms with Crippen molar-refractivity contribution >= 4 is 5.49 Å². The van der Waals surface area contributed by atoms with E-state index >= 15 is 0 Å². The van der Waals surface area contributed by atoms with Gasteiger partial charge in [-0.05, 0) is 10.8 Å². The Morgan fingerprint density at radius 1 is 0.656 bits per heavy atom. The van der Waals surface area contributed by atoms with Crippen LogP contribution in [0.3, 0.4) is 0 Å². The van der Waals surface area contributed by atoms with Crippen molar-refractivity contribution in [3.05, 3.63) is 57.6 Å². The van der Waals surface area contributed by atoms with Gasteiger partial charge < -0.3 is 24.8 Å². The van der Waals surface area contributed by atoms with Gasteiger partial charge in [-0.15, -0.1) is 0 Å². The molecule has 0 radical (unpaired) electrons. The van der Waals surface area contributed by atoms with E-state index in [1.165, 1.54) is 85.5 Å². The van der Waals surface area contributed by atoms with Crippen molar-refractivity contribution in [3.8, 4) is 0 Å². The van der Waals surface area contributed by atoms with Crippen LogP contribution in [0.15, 0.2) is 24.3 Å². The molecule has 0 heterocycles. The van der Waals surface area contributed by atoms with E-state index in [9.17, 15) is 0 Å². The first-order valence-electron chi connectivity index (χ1n) is 12.0. The number of rotatable bonds is 0. The van der Waals surface area contributed by atoms with Crippen LogP contribution < -0.4 is 24.8 Å². The average molecular weight is 658 g/mol. The van der Waals surface area contributed by atoms with Gasteiger partial charge in [-0.1, -0.05) is 92.9 Å². The zero-order valence-electron chi connectivity index (χ0n) is 21.7. The van der Waals surface area contributed by atoms with E-state index in [-0.39, 0.29) is 30.3 Å². The number of hydrogen-bond acceptors (Lipinski definition) is 0. The third kappa shape index (κ3) is 10.3. The van der Waals surface area contributed by atoms with Gasteiger partial charge in [-0.3, -0.25) is 0 Å². The van der Waals surface area contributed by atoms with Crippen LogP contribution in [0.1, 0.15) is 101 Å². The quantitative estimate of drug-likeness (QED) is 0.301. The molecule has 32 heavy (non-hydrogen) atoms. The second kappa shape index (κ2) is 14.1. The Morgan fingerprint density at radius 2 is 0.938 bits per heavy atom. The molecule has 0 spiro atoms. The molecule has 0 amide bonds. The summed E-state index contributed by atoms with van der Waals surface area (Å²) in [6, 6.07) is 9.70. The largest absolute Gasteiger partial charge is 1.00 e. The van der Waals surface area contributed by atoms with Crippen molar-refractivity contribution < 1.29 is 47.8 Å². The summed E-state index contributed by atoms with van der Waals surface area (Å²) in [5.74, 6) is 0. The fourth-order valence-corrected chi connectivity index (χ4v) is 4.26. The van der Waals surface area contributed by atoms with Crippen molar-refractivity contribution in [2.75, 3.05) is 0 Å². The summed E-state index contributed by atoms with van der Waals surface area (Å²) in [6.45, 7) is 18.5. The van der Waals surface area contributed by atoms with Gasteiger partial charge in [0.15, 0.2) is 0 Å². The van der Waals surface area contributed by atoms with Crippen molar-refractivity contribution in [3.63, 3.8) is 0 Å². The second-order valence-corrected chi connectivity index (χ2v) is 24.3. The van der Waals surface area contributed by atoms with Crippen LogP contribution in [-0.2, 0) is 59.5 Å². The second-order valence-electron chi connectivity index (χ2n) is 11.5. The van der Waals surface area contributed by atoms with E-state index in [2.05, 4.69) is 78.9 Å². The van der Waals surface area contributed by atoms with Crippen molar-refractivity contribution in [1.82, 2.24) is 0 Å². The molecule has 4 rings (SSSR count). The summed E-state index contributed by atoms with van der Waals surface area (Å²) in [5, 5.41) is 0. The van der Waals surface area contributed by atoms with Crippen LogP contribution in [-0.4, -0.2) is 5.49 Å². The number of fused-ring (bicyclic) bond motifs is 2. The normalized spacial score (nSPS) is 14.8. The SMILES string of the molecule is CC(C)(C)c1cc2c([cH-]1)CCCC2.CC(C)(C)c1cc2c([cH-]1)CCCC2.C[Si](C)=[Hf+2].[Cl-].[Cl-]. The van der Waals surface area contributed by atoms with Gasteiger partial charge in [-0.2, -0.15) is 45.5 Å². The molecule has 2 aromatic carbocycles. The smallest absolute Gasteiger partial charge is 1.00 e. The van der Waals surface area contributed by atoms with E-state index in [0.29, 0.717) is 10.8 Å². The van der Waals surface area contributed by atoms with Crippen molar-refractivity contribution in [2.24, 2.45) is 0 Å².